The van der Waals surface area contributed by atoms with Gasteiger partial charge >= 0.3 is 0 Å². The third-order valence-electron chi connectivity index (χ3n) is 4.07. The molecule has 6 nitrogen and oxygen atoms in total. The molecule has 2 aromatic heterocycles. The molecular formula is C17H18FN5O. The summed E-state index contributed by atoms with van der Waals surface area (Å²) in [4.78, 5) is 12.1. The van der Waals surface area contributed by atoms with Crippen LogP contribution in [0.5, 0.6) is 0 Å². The SMILES string of the molecule is Cc1ccc(NC(=O)CCc2c(C)nn3cnnc3c2C)cc1F. The van der Waals surface area contributed by atoms with Crippen LogP contribution in [0.15, 0.2) is 24.5 Å². The molecule has 0 bridgehead atoms. The number of hydrogen-bond acceptors (Lipinski definition) is 4. The van der Waals surface area contributed by atoms with Gasteiger partial charge in [0.25, 0.3) is 0 Å². The van der Waals surface area contributed by atoms with Crippen molar-refractivity contribution in [3.63, 3.8) is 0 Å². The number of fused-ring (bicyclic) bond motifs is 1. The number of rotatable bonds is 4. The van der Waals surface area contributed by atoms with Crippen LogP contribution in [-0.2, 0) is 11.2 Å². The van der Waals surface area contributed by atoms with Gasteiger partial charge < -0.3 is 5.32 Å². The Morgan fingerprint density at radius 1 is 1.29 bits per heavy atom. The van der Waals surface area contributed by atoms with Crippen molar-refractivity contribution in [2.75, 3.05) is 5.32 Å². The molecule has 24 heavy (non-hydrogen) atoms. The van der Waals surface area contributed by atoms with Gasteiger partial charge in [0.05, 0.1) is 5.69 Å². The van der Waals surface area contributed by atoms with Gasteiger partial charge in [-0.3, -0.25) is 4.79 Å². The van der Waals surface area contributed by atoms with Gasteiger partial charge in [0.1, 0.15) is 12.1 Å². The predicted octanol–water partition coefficient (Wildman–Crippen LogP) is 2.76. The van der Waals surface area contributed by atoms with E-state index in [0.717, 1.165) is 16.8 Å². The molecule has 3 rings (SSSR count). The Bertz CT molecular complexity index is 919. The van der Waals surface area contributed by atoms with Gasteiger partial charge in [0.15, 0.2) is 5.65 Å². The first-order valence-electron chi connectivity index (χ1n) is 7.68. The van der Waals surface area contributed by atoms with Crippen LogP contribution < -0.4 is 5.32 Å². The molecule has 124 valence electrons. The number of carbonyl (C=O) groups excluding carboxylic acids is 1. The number of halogens is 1. The molecule has 1 N–H and O–H groups in total. The third-order valence-corrected chi connectivity index (χ3v) is 4.07. The molecule has 0 atom stereocenters. The summed E-state index contributed by atoms with van der Waals surface area (Å²) >= 11 is 0. The number of carbonyl (C=O) groups is 1. The van der Waals surface area contributed by atoms with Crippen molar-refractivity contribution in [1.29, 1.82) is 0 Å². The van der Waals surface area contributed by atoms with Crippen LogP contribution in [0.3, 0.4) is 0 Å². The fourth-order valence-corrected chi connectivity index (χ4v) is 2.68. The number of amides is 1. The molecule has 7 heteroatoms. The van der Waals surface area contributed by atoms with E-state index < -0.39 is 0 Å². The second kappa shape index (κ2) is 6.35. The molecular weight excluding hydrogens is 309 g/mol. The van der Waals surface area contributed by atoms with Crippen LogP contribution >= 0.6 is 0 Å². The maximum absolute atomic E-state index is 13.5. The number of nitrogens with one attached hydrogen (secondary N) is 1. The summed E-state index contributed by atoms with van der Waals surface area (Å²) in [6.45, 7) is 5.52. The lowest BCUT2D eigenvalue weighted by molar-refractivity contribution is -0.116. The molecule has 2 heterocycles. The Balaban J connectivity index is 1.71. The first kappa shape index (κ1) is 16.0. The van der Waals surface area contributed by atoms with E-state index in [9.17, 15) is 9.18 Å². The molecule has 1 amide bonds. The number of hydrogen-bond donors (Lipinski definition) is 1. The van der Waals surface area contributed by atoms with E-state index in [0.29, 0.717) is 23.3 Å². The van der Waals surface area contributed by atoms with Gasteiger partial charge in [-0.2, -0.15) is 5.10 Å². The first-order chi connectivity index (χ1) is 11.5. The molecule has 0 aliphatic heterocycles. The average Bonchev–Trinajstić information content (AvgIpc) is 2.99. The minimum absolute atomic E-state index is 0.168. The lowest BCUT2D eigenvalue weighted by Crippen LogP contribution is -2.14. The molecule has 0 saturated carbocycles. The third kappa shape index (κ3) is 3.10. The Hall–Kier alpha value is -2.83. The average molecular weight is 327 g/mol. The number of anilines is 1. The minimum Gasteiger partial charge on any atom is -0.326 e. The standard InChI is InChI=1S/C17H18FN5O/c1-10-4-5-13(8-15(10)18)20-16(24)7-6-14-11(2)17-21-19-9-23(17)22-12(14)3/h4-5,8-9H,6-7H2,1-3H3,(H,20,24). The molecule has 0 unspecified atom stereocenters. The molecule has 0 aliphatic rings. The van der Waals surface area contributed by atoms with E-state index in [1.165, 1.54) is 6.07 Å². The van der Waals surface area contributed by atoms with E-state index in [4.69, 9.17) is 0 Å². The summed E-state index contributed by atoms with van der Waals surface area (Å²) in [6.07, 6.45) is 2.37. The normalized spacial score (nSPS) is 11.0. The highest BCUT2D eigenvalue weighted by Crippen LogP contribution is 2.18. The second-order valence-corrected chi connectivity index (χ2v) is 5.80. The lowest BCUT2D eigenvalue weighted by Gasteiger charge is -2.10. The van der Waals surface area contributed by atoms with E-state index in [1.54, 1.807) is 29.9 Å². The molecule has 1 aromatic carbocycles. The van der Waals surface area contributed by atoms with Gasteiger partial charge in [-0.05, 0) is 50.5 Å². The van der Waals surface area contributed by atoms with Crippen molar-refractivity contribution in [3.05, 3.63) is 52.7 Å². The van der Waals surface area contributed by atoms with Crippen molar-refractivity contribution in [2.24, 2.45) is 0 Å². The number of nitrogens with zero attached hydrogens (tertiary/aromatic N) is 4. The van der Waals surface area contributed by atoms with Gasteiger partial charge in [-0.1, -0.05) is 6.07 Å². The summed E-state index contributed by atoms with van der Waals surface area (Å²) in [5.41, 5.74) is 4.50. The monoisotopic (exact) mass is 327 g/mol. The smallest absolute Gasteiger partial charge is 0.224 e. The fourth-order valence-electron chi connectivity index (χ4n) is 2.68. The van der Waals surface area contributed by atoms with Crippen LogP contribution in [-0.4, -0.2) is 25.7 Å². The van der Waals surface area contributed by atoms with Crippen LogP contribution in [0.1, 0.15) is 28.8 Å². The van der Waals surface area contributed by atoms with Gasteiger partial charge in [-0.25, -0.2) is 8.91 Å². The first-order valence-corrected chi connectivity index (χ1v) is 7.68. The molecule has 0 aliphatic carbocycles. The number of aromatic nitrogens is 4. The summed E-state index contributed by atoms with van der Waals surface area (Å²) in [7, 11) is 0. The maximum atomic E-state index is 13.5. The maximum Gasteiger partial charge on any atom is 0.224 e. The van der Waals surface area contributed by atoms with Crippen LogP contribution in [0.4, 0.5) is 10.1 Å². The molecule has 0 fully saturated rings. The quantitative estimate of drug-likeness (QED) is 0.800. The van der Waals surface area contributed by atoms with Crippen molar-refractivity contribution in [1.82, 2.24) is 19.8 Å². The van der Waals surface area contributed by atoms with E-state index in [1.807, 2.05) is 13.8 Å². The molecule has 0 saturated heterocycles. The van der Waals surface area contributed by atoms with E-state index in [2.05, 4.69) is 20.6 Å². The van der Waals surface area contributed by atoms with Crippen molar-refractivity contribution < 1.29 is 9.18 Å². The molecule has 0 radical (unpaired) electrons. The zero-order valence-corrected chi connectivity index (χ0v) is 13.8. The Kier molecular flexibility index (Phi) is 4.24. The van der Waals surface area contributed by atoms with Crippen molar-refractivity contribution in [3.8, 4) is 0 Å². The van der Waals surface area contributed by atoms with E-state index in [-0.39, 0.29) is 18.1 Å². The fraction of sp³-hybridized carbons (Fsp3) is 0.294. The largest absolute Gasteiger partial charge is 0.326 e. The Morgan fingerprint density at radius 2 is 2.08 bits per heavy atom. The van der Waals surface area contributed by atoms with Crippen molar-refractivity contribution >= 4 is 17.2 Å². The van der Waals surface area contributed by atoms with Gasteiger partial charge in [0, 0.05) is 17.7 Å². The van der Waals surface area contributed by atoms with Crippen LogP contribution in [0.25, 0.3) is 5.65 Å². The Morgan fingerprint density at radius 3 is 2.83 bits per heavy atom. The van der Waals surface area contributed by atoms with Gasteiger partial charge in [-0.15, -0.1) is 10.2 Å². The second-order valence-electron chi connectivity index (χ2n) is 5.80. The number of aryl methyl sites for hydroxylation is 3. The highest BCUT2D eigenvalue weighted by molar-refractivity contribution is 5.90. The van der Waals surface area contributed by atoms with Crippen LogP contribution in [0.2, 0.25) is 0 Å². The van der Waals surface area contributed by atoms with E-state index >= 15 is 0 Å². The predicted molar refractivity (Wildman–Crippen MR) is 88.3 cm³/mol. The highest BCUT2D eigenvalue weighted by atomic mass is 19.1. The zero-order chi connectivity index (χ0) is 17.3. The lowest BCUT2D eigenvalue weighted by atomic mass is 10.0. The zero-order valence-electron chi connectivity index (χ0n) is 13.8. The summed E-state index contributed by atoms with van der Waals surface area (Å²) in [6, 6.07) is 4.66. The van der Waals surface area contributed by atoms with Crippen molar-refractivity contribution in [2.45, 2.75) is 33.6 Å². The summed E-state index contributed by atoms with van der Waals surface area (Å²) in [5, 5.41) is 15.0. The van der Waals surface area contributed by atoms with Gasteiger partial charge in [0.2, 0.25) is 5.91 Å². The minimum atomic E-state index is -0.332. The molecule has 3 aromatic rings. The Labute approximate surface area is 138 Å². The summed E-state index contributed by atoms with van der Waals surface area (Å²) < 4.78 is 15.2. The molecule has 0 spiro atoms. The van der Waals surface area contributed by atoms with Crippen LogP contribution in [0, 0.1) is 26.6 Å². The number of benzene rings is 1. The topological polar surface area (TPSA) is 72.2 Å². The highest BCUT2D eigenvalue weighted by Gasteiger charge is 2.13. The summed E-state index contributed by atoms with van der Waals surface area (Å²) in [5.74, 6) is -0.501.